The Morgan fingerprint density at radius 3 is 2.86 bits per heavy atom. The summed E-state index contributed by atoms with van der Waals surface area (Å²) in [6.07, 6.45) is 0. The zero-order chi connectivity index (χ0) is 14.8. The zero-order valence-corrected chi connectivity index (χ0v) is 12.4. The second kappa shape index (κ2) is 5.71. The molecule has 1 amide bonds. The minimum atomic E-state index is -0.572. The number of primary amides is 1. The molecule has 1 aromatic heterocycles. The van der Waals surface area contributed by atoms with Crippen LogP contribution in [0.1, 0.15) is 15.4 Å². The molecule has 0 spiro atoms. The van der Waals surface area contributed by atoms with E-state index >= 15 is 0 Å². The van der Waals surface area contributed by atoms with Crippen molar-refractivity contribution in [2.45, 2.75) is 6.61 Å². The largest absolute Gasteiger partial charge is 0.486 e. The minimum Gasteiger partial charge on any atom is -0.486 e. The topological polar surface area (TPSA) is 65.2 Å². The zero-order valence-electron chi connectivity index (χ0n) is 10.9. The summed E-state index contributed by atoms with van der Waals surface area (Å²) in [6.45, 7) is 0.279. The quantitative estimate of drug-likeness (QED) is 0.799. The van der Waals surface area contributed by atoms with Gasteiger partial charge in [0.25, 0.3) is 5.91 Å². The van der Waals surface area contributed by atoms with E-state index in [1.54, 1.807) is 23.5 Å². The van der Waals surface area contributed by atoms with E-state index in [1.807, 2.05) is 24.3 Å². The van der Waals surface area contributed by atoms with Crippen LogP contribution in [-0.2, 0) is 6.61 Å². The van der Waals surface area contributed by atoms with E-state index in [-0.39, 0.29) is 12.2 Å². The normalized spacial score (nSPS) is 10.7. The van der Waals surface area contributed by atoms with Gasteiger partial charge < -0.3 is 10.5 Å². The molecular formula is C15H11ClN2O2S. The fourth-order valence-electron chi connectivity index (χ4n) is 1.94. The number of aromatic nitrogens is 1. The van der Waals surface area contributed by atoms with Crippen LogP contribution in [0.25, 0.3) is 10.2 Å². The summed E-state index contributed by atoms with van der Waals surface area (Å²) < 4.78 is 6.76. The molecule has 0 aliphatic carbocycles. The lowest BCUT2D eigenvalue weighted by molar-refractivity contribution is 0.0996. The first-order valence-electron chi connectivity index (χ1n) is 6.20. The van der Waals surface area contributed by atoms with Crippen LogP contribution in [0.3, 0.4) is 0 Å². The molecule has 0 radical (unpaired) electrons. The Bertz CT molecular complexity index is 783. The fraction of sp³-hybridized carbons (Fsp3) is 0.0667. The van der Waals surface area contributed by atoms with Crippen molar-refractivity contribution >= 4 is 39.1 Å². The smallest absolute Gasteiger partial charge is 0.252 e. The molecule has 21 heavy (non-hydrogen) atoms. The van der Waals surface area contributed by atoms with Gasteiger partial charge in [0.05, 0.1) is 15.8 Å². The Balaban J connectivity index is 1.83. The summed E-state index contributed by atoms with van der Waals surface area (Å²) in [5, 5.41) is 1.28. The maximum Gasteiger partial charge on any atom is 0.252 e. The van der Waals surface area contributed by atoms with Gasteiger partial charge in [0, 0.05) is 5.02 Å². The number of para-hydroxylation sites is 1. The number of hydrogen-bond acceptors (Lipinski definition) is 4. The van der Waals surface area contributed by atoms with Gasteiger partial charge in [0.2, 0.25) is 0 Å². The van der Waals surface area contributed by atoms with Gasteiger partial charge in [-0.15, -0.1) is 11.3 Å². The molecule has 0 bridgehead atoms. The number of carbonyl (C=O) groups is 1. The molecule has 2 N–H and O–H groups in total. The van der Waals surface area contributed by atoms with E-state index in [1.165, 1.54) is 6.07 Å². The van der Waals surface area contributed by atoms with Crippen LogP contribution in [0.15, 0.2) is 42.5 Å². The number of nitrogens with zero attached hydrogens (tertiary/aromatic N) is 1. The van der Waals surface area contributed by atoms with Gasteiger partial charge in [-0.05, 0) is 30.3 Å². The van der Waals surface area contributed by atoms with Crippen molar-refractivity contribution in [3.63, 3.8) is 0 Å². The lowest BCUT2D eigenvalue weighted by Gasteiger charge is -2.08. The Hall–Kier alpha value is -2.11. The molecule has 3 rings (SSSR count). The Labute approximate surface area is 130 Å². The van der Waals surface area contributed by atoms with Crippen LogP contribution >= 0.6 is 22.9 Å². The number of nitrogens with two attached hydrogens (primary N) is 1. The van der Waals surface area contributed by atoms with Crippen LogP contribution in [0.5, 0.6) is 5.75 Å². The first kappa shape index (κ1) is 13.9. The van der Waals surface area contributed by atoms with Crippen LogP contribution in [0.2, 0.25) is 5.02 Å². The third-order valence-electron chi connectivity index (χ3n) is 2.90. The molecule has 1 heterocycles. The first-order chi connectivity index (χ1) is 10.1. The van der Waals surface area contributed by atoms with Crippen molar-refractivity contribution in [2.24, 2.45) is 5.73 Å². The highest BCUT2D eigenvalue weighted by atomic mass is 35.5. The third-order valence-corrected chi connectivity index (χ3v) is 4.14. The molecule has 0 aliphatic rings. The molecule has 0 unspecified atom stereocenters. The molecule has 2 aromatic carbocycles. The highest BCUT2D eigenvalue weighted by molar-refractivity contribution is 7.18. The second-order valence-corrected chi connectivity index (χ2v) is 5.92. The molecule has 0 atom stereocenters. The van der Waals surface area contributed by atoms with E-state index in [0.29, 0.717) is 10.8 Å². The molecule has 0 fully saturated rings. The number of amides is 1. The average Bonchev–Trinajstić information content (AvgIpc) is 2.88. The average molecular weight is 319 g/mol. The van der Waals surface area contributed by atoms with Crippen molar-refractivity contribution < 1.29 is 9.53 Å². The maximum absolute atomic E-state index is 11.4. The van der Waals surface area contributed by atoms with E-state index in [9.17, 15) is 4.79 Å². The number of ether oxygens (including phenoxy) is 1. The molecule has 3 aromatic rings. The van der Waals surface area contributed by atoms with E-state index < -0.39 is 5.91 Å². The van der Waals surface area contributed by atoms with Crippen LogP contribution in [0, 0.1) is 0 Å². The maximum atomic E-state index is 11.4. The van der Waals surface area contributed by atoms with E-state index in [0.717, 1.165) is 15.2 Å². The van der Waals surface area contributed by atoms with Gasteiger partial charge in [0.15, 0.2) is 0 Å². The summed E-state index contributed by atoms with van der Waals surface area (Å²) in [4.78, 5) is 15.9. The molecule has 0 aliphatic heterocycles. The molecule has 106 valence electrons. The Kier molecular flexibility index (Phi) is 3.77. The minimum absolute atomic E-state index is 0.267. The number of rotatable bonds is 4. The van der Waals surface area contributed by atoms with Crippen molar-refractivity contribution in [3.8, 4) is 5.75 Å². The molecular weight excluding hydrogens is 308 g/mol. The monoisotopic (exact) mass is 318 g/mol. The summed E-state index contributed by atoms with van der Waals surface area (Å²) in [6, 6.07) is 12.7. The van der Waals surface area contributed by atoms with Gasteiger partial charge in [-0.2, -0.15) is 0 Å². The van der Waals surface area contributed by atoms with Crippen molar-refractivity contribution in [1.82, 2.24) is 4.98 Å². The molecule has 6 heteroatoms. The summed E-state index contributed by atoms with van der Waals surface area (Å²) in [7, 11) is 0. The fourth-order valence-corrected chi connectivity index (χ4v) is 2.99. The number of hydrogen-bond donors (Lipinski definition) is 1. The summed E-state index contributed by atoms with van der Waals surface area (Å²) in [5.74, 6) is -0.164. The number of benzene rings is 2. The van der Waals surface area contributed by atoms with Crippen LogP contribution < -0.4 is 10.5 Å². The van der Waals surface area contributed by atoms with E-state index in [2.05, 4.69) is 4.98 Å². The van der Waals surface area contributed by atoms with Crippen molar-refractivity contribution in [2.75, 3.05) is 0 Å². The van der Waals surface area contributed by atoms with Gasteiger partial charge in [-0.1, -0.05) is 23.7 Å². The Morgan fingerprint density at radius 1 is 1.29 bits per heavy atom. The van der Waals surface area contributed by atoms with E-state index in [4.69, 9.17) is 22.1 Å². The predicted octanol–water partition coefficient (Wildman–Crippen LogP) is 3.63. The van der Waals surface area contributed by atoms with Crippen LogP contribution in [0.4, 0.5) is 0 Å². The first-order valence-corrected chi connectivity index (χ1v) is 7.39. The molecule has 0 saturated heterocycles. The highest BCUT2D eigenvalue weighted by Crippen LogP contribution is 2.26. The third kappa shape index (κ3) is 2.99. The predicted molar refractivity (Wildman–Crippen MR) is 83.9 cm³/mol. The lowest BCUT2D eigenvalue weighted by atomic mass is 10.2. The Morgan fingerprint density at radius 2 is 2.10 bits per heavy atom. The standard InChI is InChI=1S/C15H11ClN2O2S/c16-9-5-6-12(10(7-9)15(17)19)20-8-14-18-11-3-1-2-4-13(11)21-14/h1-7H,8H2,(H2,17,19). The van der Waals surface area contributed by atoms with Crippen molar-refractivity contribution in [3.05, 3.63) is 58.1 Å². The SMILES string of the molecule is NC(=O)c1cc(Cl)ccc1OCc1nc2ccccc2s1. The van der Waals surface area contributed by atoms with Gasteiger partial charge in [0.1, 0.15) is 17.4 Å². The van der Waals surface area contributed by atoms with Gasteiger partial charge in [-0.25, -0.2) is 4.98 Å². The number of carbonyl (C=O) groups excluding carboxylic acids is 1. The number of fused-ring (bicyclic) bond motifs is 1. The van der Waals surface area contributed by atoms with Crippen molar-refractivity contribution in [1.29, 1.82) is 0 Å². The number of halogens is 1. The van der Waals surface area contributed by atoms with Gasteiger partial charge in [-0.3, -0.25) is 4.79 Å². The highest BCUT2D eigenvalue weighted by Gasteiger charge is 2.11. The molecule has 0 saturated carbocycles. The number of thiazole rings is 1. The lowest BCUT2D eigenvalue weighted by Crippen LogP contribution is -2.13. The van der Waals surface area contributed by atoms with Gasteiger partial charge >= 0.3 is 0 Å². The molecule has 4 nitrogen and oxygen atoms in total. The summed E-state index contributed by atoms with van der Waals surface area (Å²) >= 11 is 7.41. The summed E-state index contributed by atoms with van der Waals surface area (Å²) in [5.41, 5.74) is 6.53. The second-order valence-electron chi connectivity index (χ2n) is 4.37. The van der Waals surface area contributed by atoms with Crippen LogP contribution in [-0.4, -0.2) is 10.9 Å².